The van der Waals surface area contributed by atoms with E-state index in [1.54, 1.807) is 12.1 Å². The van der Waals surface area contributed by atoms with Crippen molar-refractivity contribution in [1.29, 1.82) is 0 Å². The number of benzene rings is 4. The molecule has 1 aromatic heterocycles. The molecule has 172 valence electrons. The van der Waals surface area contributed by atoms with Crippen LogP contribution in [-0.2, 0) is 0 Å². The first kappa shape index (κ1) is 22.1. The van der Waals surface area contributed by atoms with Crippen LogP contribution in [0.25, 0.3) is 33.9 Å². The number of azo groups is 1. The molecule has 0 fully saturated rings. The van der Waals surface area contributed by atoms with Crippen molar-refractivity contribution in [3.05, 3.63) is 103 Å². The van der Waals surface area contributed by atoms with Gasteiger partial charge in [-0.05, 0) is 24.6 Å². The Balaban J connectivity index is 1.64. The second-order valence-corrected chi connectivity index (χ2v) is 8.07. The zero-order chi connectivity index (χ0) is 24.2. The molecule has 0 amide bonds. The van der Waals surface area contributed by atoms with Crippen LogP contribution in [0.1, 0.15) is 5.56 Å². The third-order valence-corrected chi connectivity index (χ3v) is 5.74. The number of nitrogens with one attached hydrogen (secondary N) is 1. The molecular formula is C29H24N4O2. The minimum atomic E-state index is -0.0182. The number of aromatic amines is 1. The van der Waals surface area contributed by atoms with Crippen LogP contribution in [0, 0.1) is 6.92 Å². The molecule has 0 aliphatic rings. The summed E-state index contributed by atoms with van der Waals surface area (Å²) >= 11 is 0. The summed E-state index contributed by atoms with van der Waals surface area (Å²) < 4.78 is 5.44. The van der Waals surface area contributed by atoms with Gasteiger partial charge in [0.2, 0.25) is 0 Å². The Morgan fingerprint density at radius 3 is 2.14 bits per heavy atom. The second kappa shape index (κ2) is 9.65. The minimum Gasteiger partial charge on any atom is -0.504 e. The van der Waals surface area contributed by atoms with Gasteiger partial charge in [0, 0.05) is 17.2 Å². The van der Waals surface area contributed by atoms with Crippen LogP contribution in [0.3, 0.4) is 0 Å². The largest absolute Gasteiger partial charge is 0.504 e. The standard InChI is InChI=1S/C29H24N4O2/c1-19-11-9-10-16-24(19)33-32-22-17-23(28(34)25(18-22)35-2)29-30-26(20-12-5-3-6-13-20)27(31-29)21-14-7-4-8-15-21/h3-18,34H,1-2H3,(H,30,31). The maximum Gasteiger partial charge on any atom is 0.168 e. The number of phenols is 1. The van der Waals surface area contributed by atoms with E-state index in [4.69, 9.17) is 9.72 Å². The molecular weight excluding hydrogens is 436 g/mol. The molecule has 2 N–H and O–H groups in total. The summed E-state index contributed by atoms with van der Waals surface area (Å²) in [5.41, 5.74) is 6.42. The number of hydrogen-bond donors (Lipinski definition) is 2. The average Bonchev–Trinajstić information content (AvgIpc) is 3.35. The van der Waals surface area contributed by atoms with Gasteiger partial charge in [-0.15, -0.1) is 0 Å². The van der Waals surface area contributed by atoms with E-state index >= 15 is 0 Å². The number of aromatic hydroxyl groups is 1. The lowest BCUT2D eigenvalue weighted by molar-refractivity contribution is 0.374. The molecule has 0 spiro atoms. The number of phenolic OH excluding ortho intramolecular Hbond substituents is 1. The lowest BCUT2D eigenvalue weighted by Crippen LogP contribution is -1.88. The monoisotopic (exact) mass is 460 g/mol. The zero-order valence-corrected chi connectivity index (χ0v) is 19.4. The van der Waals surface area contributed by atoms with Crippen LogP contribution in [0.15, 0.2) is 107 Å². The molecule has 0 atom stereocenters. The highest BCUT2D eigenvalue weighted by Gasteiger charge is 2.20. The highest BCUT2D eigenvalue weighted by Crippen LogP contribution is 2.42. The van der Waals surface area contributed by atoms with Gasteiger partial charge in [-0.25, -0.2) is 4.98 Å². The number of methoxy groups -OCH3 is 1. The maximum atomic E-state index is 11.0. The summed E-state index contributed by atoms with van der Waals surface area (Å²) in [7, 11) is 1.51. The van der Waals surface area contributed by atoms with Crippen LogP contribution < -0.4 is 4.74 Å². The molecule has 0 saturated carbocycles. The molecule has 0 aliphatic heterocycles. The van der Waals surface area contributed by atoms with Gasteiger partial charge in [-0.2, -0.15) is 10.2 Å². The number of ether oxygens (including phenoxy) is 1. The highest BCUT2D eigenvalue weighted by molar-refractivity contribution is 5.83. The number of nitrogens with zero attached hydrogens (tertiary/aromatic N) is 3. The smallest absolute Gasteiger partial charge is 0.168 e. The molecule has 0 bridgehead atoms. The van der Waals surface area contributed by atoms with Crippen LogP contribution in [0.4, 0.5) is 11.4 Å². The van der Waals surface area contributed by atoms with Crippen molar-refractivity contribution in [2.75, 3.05) is 7.11 Å². The molecule has 6 nitrogen and oxygen atoms in total. The summed E-state index contributed by atoms with van der Waals surface area (Å²) in [4.78, 5) is 8.31. The van der Waals surface area contributed by atoms with E-state index in [0.717, 1.165) is 33.8 Å². The van der Waals surface area contributed by atoms with Crippen LogP contribution in [0.2, 0.25) is 0 Å². The Hall–Kier alpha value is -4.71. The van der Waals surface area contributed by atoms with Crippen molar-refractivity contribution in [3.63, 3.8) is 0 Å². The Morgan fingerprint density at radius 2 is 1.46 bits per heavy atom. The highest BCUT2D eigenvalue weighted by atomic mass is 16.5. The first-order valence-corrected chi connectivity index (χ1v) is 11.2. The van der Waals surface area contributed by atoms with Gasteiger partial charge in [0.15, 0.2) is 11.5 Å². The fourth-order valence-corrected chi connectivity index (χ4v) is 3.89. The molecule has 1 heterocycles. The number of hydrogen-bond acceptors (Lipinski definition) is 5. The lowest BCUT2D eigenvalue weighted by atomic mass is 10.1. The number of H-pyrrole nitrogens is 1. The van der Waals surface area contributed by atoms with Crippen molar-refractivity contribution in [2.45, 2.75) is 6.92 Å². The van der Waals surface area contributed by atoms with Crippen molar-refractivity contribution in [2.24, 2.45) is 10.2 Å². The minimum absolute atomic E-state index is 0.0182. The van der Waals surface area contributed by atoms with Gasteiger partial charge in [-0.3, -0.25) is 0 Å². The molecule has 6 heteroatoms. The van der Waals surface area contributed by atoms with E-state index in [1.807, 2.05) is 91.9 Å². The van der Waals surface area contributed by atoms with Gasteiger partial charge in [0.1, 0.15) is 5.82 Å². The predicted octanol–water partition coefficient (Wildman–Crippen LogP) is 7.85. The molecule has 0 aliphatic carbocycles. The van der Waals surface area contributed by atoms with Crippen molar-refractivity contribution < 1.29 is 9.84 Å². The second-order valence-electron chi connectivity index (χ2n) is 8.07. The van der Waals surface area contributed by atoms with Crippen LogP contribution in [0.5, 0.6) is 11.5 Å². The Morgan fingerprint density at radius 1 is 0.800 bits per heavy atom. The fourth-order valence-electron chi connectivity index (χ4n) is 3.89. The van der Waals surface area contributed by atoms with Gasteiger partial charge in [0.05, 0.1) is 35.4 Å². The predicted molar refractivity (Wildman–Crippen MR) is 138 cm³/mol. The van der Waals surface area contributed by atoms with Crippen molar-refractivity contribution >= 4 is 11.4 Å². The lowest BCUT2D eigenvalue weighted by Gasteiger charge is -2.08. The van der Waals surface area contributed by atoms with E-state index in [-0.39, 0.29) is 5.75 Å². The number of aryl methyl sites for hydroxylation is 1. The SMILES string of the molecule is COc1cc(N=Nc2ccccc2C)cc(-c2nc(-c3ccccc3)c(-c3ccccc3)[nH]2)c1O. The average molecular weight is 461 g/mol. The summed E-state index contributed by atoms with van der Waals surface area (Å²) in [5, 5.41) is 19.8. The van der Waals surface area contributed by atoms with Gasteiger partial charge in [0.25, 0.3) is 0 Å². The van der Waals surface area contributed by atoms with Gasteiger partial charge >= 0.3 is 0 Å². The van der Waals surface area contributed by atoms with E-state index in [1.165, 1.54) is 7.11 Å². The number of rotatable bonds is 6. The van der Waals surface area contributed by atoms with Gasteiger partial charge < -0.3 is 14.8 Å². The normalized spacial score (nSPS) is 11.1. The summed E-state index contributed by atoms with van der Waals surface area (Å²) in [5.74, 6) is 0.780. The van der Waals surface area contributed by atoms with Crippen LogP contribution in [-0.4, -0.2) is 22.2 Å². The molecule has 0 saturated heterocycles. The van der Waals surface area contributed by atoms with Gasteiger partial charge in [-0.1, -0.05) is 78.9 Å². The molecule has 0 unspecified atom stereocenters. The third kappa shape index (κ3) is 4.54. The first-order valence-electron chi connectivity index (χ1n) is 11.2. The Kier molecular flexibility index (Phi) is 6.09. The molecule has 0 radical (unpaired) electrons. The van der Waals surface area contributed by atoms with Crippen LogP contribution >= 0.6 is 0 Å². The Labute approximate surface area is 203 Å². The first-order chi connectivity index (χ1) is 17.1. The zero-order valence-electron chi connectivity index (χ0n) is 19.4. The summed E-state index contributed by atoms with van der Waals surface area (Å²) in [6, 6.07) is 31.1. The molecule has 5 rings (SSSR count). The Bertz CT molecular complexity index is 1440. The van der Waals surface area contributed by atoms with E-state index in [0.29, 0.717) is 22.8 Å². The van der Waals surface area contributed by atoms with E-state index in [2.05, 4.69) is 15.2 Å². The summed E-state index contributed by atoms with van der Waals surface area (Å²) in [6.45, 7) is 1.98. The molecule has 5 aromatic rings. The molecule has 35 heavy (non-hydrogen) atoms. The third-order valence-electron chi connectivity index (χ3n) is 5.74. The number of aromatic nitrogens is 2. The van der Waals surface area contributed by atoms with Crippen molar-refractivity contribution in [3.8, 4) is 45.4 Å². The maximum absolute atomic E-state index is 11.0. The topological polar surface area (TPSA) is 82.9 Å². The fraction of sp³-hybridized carbons (Fsp3) is 0.0690. The van der Waals surface area contributed by atoms with Crippen molar-refractivity contribution in [1.82, 2.24) is 9.97 Å². The van der Waals surface area contributed by atoms with E-state index < -0.39 is 0 Å². The summed E-state index contributed by atoms with van der Waals surface area (Å²) in [6.07, 6.45) is 0. The molecule has 4 aromatic carbocycles. The quantitative estimate of drug-likeness (QED) is 0.253. The van der Waals surface area contributed by atoms with E-state index in [9.17, 15) is 5.11 Å². The number of imidazole rings is 1.